The van der Waals surface area contributed by atoms with Crippen LogP contribution in [0.25, 0.3) is 10.9 Å². The minimum absolute atomic E-state index is 0.323. The zero-order chi connectivity index (χ0) is 16.2. The molecule has 3 rings (SSSR count). The fraction of sp³-hybridized carbons (Fsp3) is 0.471. The summed E-state index contributed by atoms with van der Waals surface area (Å²) >= 11 is 3.57. The molecule has 0 bridgehead atoms. The second-order valence-corrected chi connectivity index (χ2v) is 6.96. The standard InChI is InChI=1S/C17H22BrN3O2/c18-11-6-7-14-13(10-11)12-4-1-2-5-15(16(12)21-14)19-8-3-9-20-17(22)23/h6-7,10,15,19-21H,1-5,8-9H2,(H,22,23). The predicted molar refractivity (Wildman–Crippen MR) is 94.9 cm³/mol. The van der Waals surface area contributed by atoms with Gasteiger partial charge in [0.2, 0.25) is 0 Å². The van der Waals surface area contributed by atoms with Crippen LogP contribution in [0.2, 0.25) is 0 Å². The van der Waals surface area contributed by atoms with Crippen LogP contribution in [0.5, 0.6) is 0 Å². The van der Waals surface area contributed by atoms with Crippen LogP contribution in [0.4, 0.5) is 4.79 Å². The number of H-pyrrole nitrogens is 1. The Bertz CT molecular complexity index is 698. The fourth-order valence-electron chi connectivity index (χ4n) is 3.37. The van der Waals surface area contributed by atoms with E-state index in [1.807, 2.05) is 0 Å². The van der Waals surface area contributed by atoms with Crippen molar-refractivity contribution >= 4 is 32.9 Å². The Kier molecular flexibility index (Phi) is 5.23. The number of aryl methyl sites for hydroxylation is 1. The summed E-state index contributed by atoms with van der Waals surface area (Å²) in [6.07, 6.45) is 4.50. The molecule has 0 saturated heterocycles. The number of carbonyl (C=O) groups is 1. The second kappa shape index (κ2) is 7.36. The maximum absolute atomic E-state index is 10.5. The molecule has 1 aliphatic rings. The number of benzene rings is 1. The monoisotopic (exact) mass is 379 g/mol. The topological polar surface area (TPSA) is 77.2 Å². The maximum Gasteiger partial charge on any atom is 0.404 e. The van der Waals surface area contributed by atoms with Gasteiger partial charge in [-0.1, -0.05) is 22.4 Å². The lowest BCUT2D eigenvalue weighted by atomic mass is 10.0. The first-order chi connectivity index (χ1) is 11.1. The Morgan fingerprint density at radius 1 is 1.35 bits per heavy atom. The van der Waals surface area contributed by atoms with Crippen molar-refractivity contribution in [2.75, 3.05) is 13.1 Å². The molecule has 6 heteroatoms. The van der Waals surface area contributed by atoms with Gasteiger partial charge in [-0.15, -0.1) is 0 Å². The molecule has 0 fully saturated rings. The van der Waals surface area contributed by atoms with Gasteiger partial charge >= 0.3 is 6.09 Å². The number of amides is 1. The van der Waals surface area contributed by atoms with Gasteiger partial charge in [-0.05, 0) is 56.0 Å². The van der Waals surface area contributed by atoms with Gasteiger partial charge in [-0.25, -0.2) is 4.79 Å². The first-order valence-corrected chi connectivity index (χ1v) is 8.94. The Morgan fingerprint density at radius 3 is 3.04 bits per heavy atom. The third-order valence-electron chi connectivity index (χ3n) is 4.44. The van der Waals surface area contributed by atoms with Gasteiger partial charge in [0.1, 0.15) is 0 Å². The summed E-state index contributed by atoms with van der Waals surface area (Å²) < 4.78 is 1.11. The van der Waals surface area contributed by atoms with Crippen molar-refractivity contribution in [2.24, 2.45) is 0 Å². The van der Waals surface area contributed by atoms with E-state index in [1.54, 1.807) is 0 Å². The highest BCUT2D eigenvalue weighted by atomic mass is 79.9. The normalized spacial score (nSPS) is 17.7. The van der Waals surface area contributed by atoms with E-state index < -0.39 is 6.09 Å². The van der Waals surface area contributed by atoms with E-state index in [2.05, 4.69) is 49.7 Å². The predicted octanol–water partition coefficient (Wildman–Crippen LogP) is 3.95. The molecular formula is C17H22BrN3O2. The SMILES string of the molecule is O=C(O)NCCCNC1CCCCc2c1[nH]c1ccc(Br)cc21. The van der Waals surface area contributed by atoms with Crippen molar-refractivity contribution < 1.29 is 9.90 Å². The van der Waals surface area contributed by atoms with E-state index in [0.29, 0.717) is 12.6 Å². The van der Waals surface area contributed by atoms with Crippen LogP contribution in [0.15, 0.2) is 22.7 Å². The zero-order valence-electron chi connectivity index (χ0n) is 13.0. The van der Waals surface area contributed by atoms with Crippen molar-refractivity contribution in [1.82, 2.24) is 15.6 Å². The molecule has 1 aromatic carbocycles. The lowest BCUT2D eigenvalue weighted by Gasteiger charge is -2.17. The van der Waals surface area contributed by atoms with Crippen LogP contribution in [-0.4, -0.2) is 29.3 Å². The second-order valence-electron chi connectivity index (χ2n) is 6.05. The molecule has 1 atom stereocenters. The number of aromatic amines is 1. The third kappa shape index (κ3) is 3.87. The lowest BCUT2D eigenvalue weighted by Crippen LogP contribution is -2.28. The Hall–Kier alpha value is -1.53. The summed E-state index contributed by atoms with van der Waals surface area (Å²) in [6.45, 7) is 1.30. The van der Waals surface area contributed by atoms with Crippen LogP contribution in [-0.2, 0) is 6.42 Å². The number of hydrogen-bond acceptors (Lipinski definition) is 2. The Morgan fingerprint density at radius 2 is 2.22 bits per heavy atom. The zero-order valence-corrected chi connectivity index (χ0v) is 14.6. The summed E-state index contributed by atoms with van der Waals surface area (Å²) in [4.78, 5) is 14.1. The van der Waals surface area contributed by atoms with Crippen molar-refractivity contribution in [1.29, 1.82) is 0 Å². The molecule has 5 nitrogen and oxygen atoms in total. The summed E-state index contributed by atoms with van der Waals surface area (Å²) in [7, 11) is 0. The smallest absolute Gasteiger partial charge is 0.404 e. The fourth-order valence-corrected chi connectivity index (χ4v) is 3.73. The molecule has 1 aliphatic carbocycles. The van der Waals surface area contributed by atoms with Crippen molar-refractivity contribution in [3.05, 3.63) is 33.9 Å². The minimum Gasteiger partial charge on any atom is -0.465 e. The van der Waals surface area contributed by atoms with Gasteiger partial charge in [-0.2, -0.15) is 0 Å². The first-order valence-electron chi connectivity index (χ1n) is 8.15. The van der Waals surface area contributed by atoms with E-state index >= 15 is 0 Å². The van der Waals surface area contributed by atoms with E-state index in [9.17, 15) is 4.79 Å². The molecule has 23 heavy (non-hydrogen) atoms. The summed E-state index contributed by atoms with van der Waals surface area (Å²) in [6, 6.07) is 6.72. The molecule has 1 unspecified atom stereocenters. The number of nitrogens with one attached hydrogen (secondary N) is 3. The van der Waals surface area contributed by atoms with Crippen LogP contribution in [0, 0.1) is 0 Å². The number of hydrogen-bond donors (Lipinski definition) is 4. The van der Waals surface area contributed by atoms with Crippen molar-refractivity contribution in [3.63, 3.8) is 0 Å². The molecule has 1 amide bonds. The first kappa shape index (κ1) is 16.3. The number of carboxylic acid groups (broad SMARTS) is 1. The van der Waals surface area contributed by atoms with Crippen LogP contribution in [0.1, 0.15) is 43.0 Å². The average molecular weight is 380 g/mol. The molecule has 124 valence electrons. The van der Waals surface area contributed by atoms with Crippen LogP contribution >= 0.6 is 15.9 Å². The summed E-state index contributed by atoms with van der Waals surface area (Å²) in [5.74, 6) is 0. The number of aromatic nitrogens is 1. The highest BCUT2D eigenvalue weighted by molar-refractivity contribution is 9.10. The molecule has 1 aromatic heterocycles. The Labute approximate surface area is 144 Å². The van der Waals surface area contributed by atoms with E-state index in [-0.39, 0.29) is 0 Å². The number of rotatable bonds is 5. The lowest BCUT2D eigenvalue weighted by molar-refractivity contribution is 0.194. The molecular weight excluding hydrogens is 358 g/mol. The average Bonchev–Trinajstić information content (AvgIpc) is 2.74. The largest absolute Gasteiger partial charge is 0.465 e. The van der Waals surface area contributed by atoms with Gasteiger partial charge in [0.25, 0.3) is 0 Å². The van der Waals surface area contributed by atoms with Gasteiger partial charge in [0.15, 0.2) is 0 Å². The maximum atomic E-state index is 10.5. The van der Waals surface area contributed by atoms with E-state index in [4.69, 9.17) is 5.11 Å². The highest BCUT2D eigenvalue weighted by Gasteiger charge is 2.22. The molecule has 0 saturated carbocycles. The van der Waals surface area contributed by atoms with Gasteiger partial charge in [0.05, 0.1) is 0 Å². The number of fused-ring (bicyclic) bond motifs is 3. The molecule has 0 radical (unpaired) electrons. The van der Waals surface area contributed by atoms with Crippen LogP contribution in [0.3, 0.4) is 0 Å². The molecule has 4 N–H and O–H groups in total. The summed E-state index contributed by atoms with van der Waals surface area (Å²) in [5, 5.41) is 15.9. The molecule has 0 aliphatic heterocycles. The van der Waals surface area contributed by atoms with E-state index in [0.717, 1.165) is 30.3 Å². The van der Waals surface area contributed by atoms with E-state index in [1.165, 1.54) is 35.0 Å². The number of halogens is 1. The summed E-state index contributed by atoms with van der Waals surface area (Å²) in [5.41, 5.74) is 3.93. The molecule has 0 spiro atoms. The highest BCUT2D eigenvalue weighted by Crippen LogP contribution is 2.34. The van der Waals surface area contributed by atoms with Gasteiger partial charge in [-0.3, -0.25) is 0 Å². The Balaban J connectivity index is 1.73. The van der Waals surface area contributed by atoms with Gasteiger partial charge < -0.3 is 20.7 Å². The third-order valence-corrected chi connectivity index (χ3v) is 4.93. The van der Waals surface area contributed by atoms with Crippen molar-refractivity contribution in [2.45, 2.75) is 38.1 Å². The minimum atomic E-state index is -0.956. The van der Waals surface area contributed by atoms with Crippen LogP contribution < -0.4 is 10.6 Å². The van der Waals surface area contributed by atoms with Crippen molar-refractivity contribution in [3.8, 4) is 0 Å². The molecule has 2 aromatic rings. The molecule has 1 heterocycles. The quantitative estimate of drug-likeness (QED) is 0.469. The van der Waals surface area contributed by atoms with Gasteiger partial charge in [0, 0.05) is 33.7 Å².